The number of nitrogens with zero attached hydrogens (tertiary/aromatic N) is 5. The average Bonchev–Trinajstić information content (AvgIpc) is 3.10. The Morgan fingerprint density at radius 2 is 1.80 bits per heavy atom. The number of aromatic nitrogens is 3. The highest BCUT2D eigenvalue weighted by Crippen LogP contribution is 2.34. The molecule has 134 valence electrons. The van der Waals surface area contributed by atoms with E-state index in [0.29, 0.717) is 18.5 Å². The maximum atomic E-state index is 11.4. The number of benzene rings is 1. The summed E-state index contributed by atoms with van der Waals surface area (Å²) in [6.45, 7) is 2.56. The molecule has 0 amide bonds. The second kappa shape index (κ2) is 8.86. The molecule has 1 aromatic carbocycles. The highest BCUT2D eigenvalue weighted by atomic mass is 16.6. The Hall–Kier alpha value is -2.84. The molecule has 0 bridgehead atoms. The molecule has 0 aliphatic rings. The maximum Gasteiger partial charge on any atom is 0.273 e. The fraction of sp³-hybridized carbons (Fsp3) is 0.500. The Kier molecular flexibility index (Phi) is 6.55. The third-order valence-corrected chi connectivity index (χ3v) is 4.16. The highest BCUT2D eigenvalue weighted by molar-refractivity contribution is 5.50. The van der Waals surface area contributed by atoms with Crippen molar-refractivity contribution in [2.45, 2.75) is 51.5 Å². The smallest absolute Gasteiger partial charge is 0.273 e. The summed E-state index contributed by atoms with van der Waals surface area (Å²) >= 11 is 0. The zero-order chi connectivity index (χ0) is 18.2. The molecule has 1 aromatic heterocycles. The quantitative estimate of drug-likeness (QED) is 0.366. The van der Waals surface area contributed by atoms with Crippen molar-refractivity contribution in [2.75, 3.05) is 0 Å². The predicted octanol–water partition coefficient (Wildman–Crippen LogP) is 3.85. The lowest BCUT2D eigenvalue weighted by molar-refractivity contribution is -0.389. The van der Waals surface area contributed by atoms with Crippen LogP contribution in [0.3, 0.4) is 0 Å². The van der Waals surface area contributed by atoms with E-state index in [-0.39, 0.29) is 17.3 Å². The minimum Gasteiger partial charge on any atom is -0.320 e. The van der Waals surface area contributed by atoms with E-state index in [1.807, 2.05) is 0 Å². The van der Waals surface area contributed by atoms with Crippen molar-refractivity contribution >= 4 is 11.4 Å². The monoisotopic (exact) mass is 347 g/mol. The van der Waals surface area contributed by atoms with E-state index in [0.717, 1.165) is 25.7 Å². The molecule has 1 heterocycles. The first-order valence-electron chi connectivity index (χ1n) is 8.28. The fourth-order valence-corrected chi connectivity index (χ4v) is 2.88. The van der Waals surface area contributed by atoms with Crippen molar-refractivity contribution in [3.63, 3.8) is 0 Å². The van der Waals surface area contributed by atoms with E-state index in [2.05, 4.69) is 17.1 Å². The number of unbranched alkanes of at least 4 members (excludes halogenated alkanes) is 3. The van der Waals surface area contributed by atoms with Gasteiger partial charge in [-0.3, -0.25) is 20.2 Å². The summed E-state index contributed by atoms with van der Waals surface area (Å²) in [5, 5.41) is 30.0. The molecular weight excluding hydrogens is 326 g/mol. The molecule has 9 heteroatoms. The summed E-state index contributed by atoms with van der Waals surface area (Å²) < 4.78 is 1.74. The molecule has 1 unspecified atom stereocenters. The zero-order valence-electron chi connectivity index (χ0n) is 14.1. The number of rotatable bonds is 10. The summed E-state index contributed by atoms with van der Waals surface area (Å²) in [5.41, 5.74) is 0.173. The van der Waals surface area contributed by atoms with E-state index in [4.69, 9.17) is 0 Å². The SMILES string of the molecule is CCCCCCC(Cn1cnnc1)c1cc([N+](=O)[O-])ccc1[N+](=O)[O-]. The van der Waals surface area contributed by atoms with Crippen LogP contribution in [0.2, 0.25) is 0 Å². The van der Waals surface area contributed by atoms with Crippen LogP contribution >= 0.6 is 0 Å². The first-order chi connectivity index (χ1) is 12.0. The molecular formula is C16H21N5O4. The molecule has 9 nitrogen and oxygen atoms in total. The lowest BCUT2D eigenvalue weighted by Crippen LogP contribution is -2.11. The minimum atomic E-state index is -0.528. The van der Waals surface area contributed by atoms with Gasteiger partial charge in [-0.25, -0.2) is 0 Å². The van der Waals surface area contributed by atoms with Crippen LogP contribution in [0.15, 0.2) is 30.9 Å². The van der Waals surface area contributed by atoms with Gasteiger partial charge < -0.3 is 4.57 Å². The van der Waals surface area contributed by atoms with Crippen LogP contribution in [-0.4, -0.2) is 24.6 Å². The van der Waals surface area contributed by atoms with E-state index >= 15 is 0 Å². The van der Waals surface area contributed by atoms with Crippen LogP contribution in [0, 0.1) is 20.2 Å². The van der Waals surface area contributed by atoms with E-state index < -0.39 is 9.85 Å². The van der Waals surface area contributed by atoms with Gasteiger partial charge in [-0.05, 0) is 6.42 Å². The van der Waals surface area contributed by atoms with Gasteiger partial charge in [0.15, 0.2) is 0 Å². The Morgan fingerprint density at radius 1 is 1.08 bits per heavy atom. The normalized spacial score (nSPS) is 12.0. The van der Waals surface area contributed by atoms with E-state index in [1.54, 1.807) is 17.2 Å². The summed E-state index contributed by atoms with van der Waals surface area (Å²) in [5.74, 6) is -0.215. The molecule has 0 aliphatic carbocycles. The first-order valence-corrected chi connectivity index (χ1v) is 8.28. The molecule has 1 atom stereocenters. The molecule has 0 saturated carbocycles. The lowest BCUT2D eigenvalue weighted by Gasteiger charge is -2.17. The molecule has 2 aromatic rings. The standard InChI is InChI=1S/C16H21N5O4/c1-2-3-4-5-6-13(10-19-11-17-18-12-19)15-9-14(20(22)23)7-8-16(15)21(24)25/h7-9,11-13H,2-6,10H2,1H3. The van der Waals surface area contributed by atoms with Gasteiger partial charge in [0.2, 0.25) is 0 Å². The van der Waals surface area contributed by atoms with Gasteiger partial charge in [-0.1, -0.05) is 32.6 Å². The number of nitro benzene ring substituents is 2. The molecule has 0 radical (unpaired) electrons. The van der Waals surface area contributed by atoms with E-state index in [9.17, 15) is 20.2 Å². The Bertz CT molecular complexity index is 717. The van der Waals surface area contributed by atoms with Gasteiger partial charge in [0.1, 0.15) is 12.7 Å². The summed E-state index contributed by atoms with van der Waals surface area (Å²) in [6.07, 6.45) is 7.91. The van der Waals surface area contributed by atoms with Gasteiger partial charge in [0.05, 0.1) is 9.85 Å². The second-order valence-electron chi connectivity index (χ2n) is 5.96. The molecule has 0 fully saturated rings. The van der Waals surface area contributed by atoms with Crippen molar-refractivity contribution < 1.29 is 9.85 Å². The molecule has 0 saturated heterocycles. The topological polar surface area (TPSA) is 117 Å². The third-order valence-electron chi connectivity index (χ3n) is 4.16. The Balaban J connectivity index is 2.34. The summed E-state index contributed by atoms with van der Waals surface area (Å²) in [4.78, 5) is 21.5. The van der Waals surface area contributed by atoms with Gasteiger partial charge >= 0.3 is 0 Å². The van der Waals surface area contributed by atoms with Crippen LogP contribution in [0.1, 0.15) is 50.5 Å². The van der Waals surface area contributed by atoms with Crippen LogP contribution in [-0.2, 0) is 6.54 Å². The molecule has 2 rings (SSSR count). The number of non-ortho nitro benzene ring substituents is 1. The number of hydrogen-bond acceptors (Lipinski definition) is 6. The van der Waals surface area contributed by atoms with Crippen molar-refractivity contribution in [3.05, 3.63) is 56.6 Å². The molecule has 0 aliphatic heterocycles. The summed E-state index contributed by atoms with van der Waals surface area (Å²) in [6, 6.07) is 3.72. The first kappa shape index (κ1) is 18.5. The van der Waals surface area contributed by atoms with Gasteiger partial charge in [-0.15, -0.1) is 10.2 Å². The Morgan fingerprint density at radius 3 is 2.40 bits per heavy atom. The van der Waals surface area contributed by atoms with E-state index in [1.165, 1.54) is 18.2 Å². The second-order valence-corrected chi connectivity index (χ2v) is 5.96. The van der Waals surface area contributed by atoms with Crippen molar-refractivity contribution in [1.29, 1.82) is 0 Å². The Labute approximate surface area is 145 Å². The van der Waals surface area contributed by atoms with Crippen LogP contribution in [0.5, 0.6) is 0 Å². The largest absolute Gasteiger partial charge is 0.320 e. The third kappa shape index (κ3) is 5.07. The zero-order valence-corrected chi connectivity index (χ0v) is 14.1. The summed E-state index contributed by atoms with van der Waals surface area (Å²) in [7, 11) is 0. The van der Waals surface area contributed by atoms with Crippen molar-refractivity contribution in [1.82, 2.24) is 14.8 Å². The van der Waals surface area contributed by atoms with Gasteiger partial charge in [-0.2, -0.15) is 0 Å². The van der Waals surface area contributed by atoms with Gasteiger partial charge in [0, 0.05) is 36.2 Å². The van der Waals surface area contributed by atoms with Crippen molar-refractivity contribution in [3.8, 4) is 0 Å². The predicted molar refractivity (Wildman–Crippen MR) is 91.3 cm³/mol. The minimum absolute atomic E-state index is 0.0841. The maximum absolute atomic E-state index is 11.4. The number of hydrogen-bond donors (Lipinski definition) is 0. The van der Waals surface area contributed by atoms with Crippen LogP contribution in [0.4, 0.5) is 11.4 Å². The molecule has 0 spiro atoms. The van der Waals surface area contributed by atoms with Gasteiger partial charge in [0.25, 0.3) is 11.4 Å². The van der Waals surface area contributed by atoms with Crippen LogP contribution in [0.25, 0.3) is 0 Å². The lowest BCUT2D eigenvalue weighted by atomic mass is 9.91. The fourth-order valence-electron chi connectivity index (χ4n) is 2.88. The molecule has 25 heavy (non-hydrogen) atoms. The average molecular weight is 347 g/mol. The van der Waals surface area contributed by atoms with Crippen LogP contribution < -0.4 is 0 Å². The molecule has 0 N–H and O–H groups in total. The highest BCUT2D eigenvalue weighted by Gasteiger charge is 2.25. The van der Waals surface area contributed by atoms with Crippen molar-refractivity contribution in [2.24, 2.45) is 0 Å². The number of nitro groups is 2.